The van der Waals surface area contributed by atoms with E-state index >= 15 is 0 Å². The van der Waals surface area contributed by atoms with E-state index in [4.69, 9.17) is 17.0 Å². The molecule has 0 aliphatic carbocycles. The molecule has 4 heteroatoms. The number of aryl methyl sites for hydroxylation is 2. The molecule has 0 saturated carbocycles. The molecule has 0 heterocycles. The van der Waals surface area contributed by atoms with E-state index in [9.17, 15) is 4.79 Å². The number of rotatable bonds is 8. The van der Waals surface area contributed by atoms with Gasteiger partial charge in [-0.15, -0.1) is 0 Å². The van der Waals surface area contributed by atoms with Gasteiger partial charge < -0.3 is 9.64 Å². The second-order valence-electron chi connectivity index (χ2n) is 5.06. The Morgan fingerprint density at radius 2 is 1.76 bits per heavy atom. The number of benzene rings is 1. The lowest BCUT2D eigenvalue weighted by atomic mass is 10.1. The summed E-state index contributed by atoms with van der Waals surface area (Å²) in [5.41, 5.74) is 2.44. The first kappa shape index (κ1) is 17.6. The van der Waals surface area contributed by atoms with Gasteiger partial charge in [0.2, 0.25) is 0 Å². The van der Waals surface area contributed by atoms with Gasteiger partial charge in [-0.05, 0) is 45.0 Å². The summed E-state index contributed by atoms with van der Waals surface area (Å²) in [6, 6.07) is 8.31. The molecule has 0 radical (unpaired) electrons. The minimum Gasteiger partial charge on any atom is -0.470 e. The van der Waals surface area contributed by atoms with Gasteiger partial charge in [-0.1, -0.05) is 29.8 Å². The molecule has 0 aromatic heterocycles. The number of thiocarbonyl (C=S) groups is 1. The summed E-state index contributed by atoms with van der Waals surface area (Å²) in [7, 11) is 0. The first-order chi connectivity index (χ1) is 10.1. The van der Waals surface area contributed by atoms with Gasteiger partial charge in [0.25, 0.3) is 5.17 Å². The van der Waals surface area contributed by atoms with Crippen LogP contribution < -0.4 is 0 Å². The molecule has 0 aliphatic rings. The second kappa shape index (κ2) is 9.50. The van der Waals surface area contributed by atoms with Crippen molar-refractivity contribution in [3.05, 3.63) is 35.4 Å². The molecular weight excluding hydrogens is 282 g/mol. The van der Waals surface area contributed by atoms with Crippen LogP contribution in [0.2, 0.25) is 0 Å². The largest absolute Gasteiger partial charge is 0.470 e. The van der Waals surface area contributed by atoms with Crippen LogP contribution in [0, 0.1) is 6.92 Å². The van der Waals surface area contributed by atoms with Crippen LogP contribution >= 0.6 is 12.2 Å². The zero-order valence-electron chi connectivity index (χ0n) is 13.2. The summed E-state index contributed by atoms with van der Waals surface area (Å²) in [4.78, 5) is 13.8. The molecule has 0 atom stereocenters. The van der Waals surface area contributed by atoms with Gasteiger partial charge in [0.1, 0.15) is 5.78 Å². The fourth-order valence-corrected chi connectivity index (χ4v) is 2.33. The molecule has 0 aliphatic heterocycles. The van der Waals surface area contributed by atoms with Crippen molar-refractivity contribution < 1.29 is 9.53 Å². The van der Waals surface area contributed by atoms with Gasteiger partial charge in [-0.2, -0.15) is 0 Å². The summed E-state index contributed by atoms with van der Waals surface area (Å²) in [6.07, 6.45) is 1.78. The predicted octanol–water partition coefficient (Wildman–Crippen LogP) is 3.53. The van der Waals surface area contributed by atoms with Crippen LogP contribution in [0.5, 0.6) is 0 Å². The number of carbonyl (C=O) groups excluding carboxylic acids is 1. The monoisotopic (exact) mass is 307 g/mol. The van der Waals surface area contributed by atoms with Crippen molar-refractivity contribution in [1.82, 2.24) is 4.90 Å². The lowest BCUT2D eigenvalue weighted by molar-refractivity contribution is -0.119. The first-order valence-electron chi connectivity index (χ1n) is 7.55. The van der Waals surface area contributed by atoms with Crippen molar-refractivity contribution in [3.8, 4) is 0 Å². The summed E-state index contributed by atoms with van der Waals surface area (Å²) in [6.45, 7) is 8.16. The Balaban J connectivity index is 2.22. The molecule has 0 amide bonds. The Hall–Kier alpha value is -1.42. The van der Waals surface area contributed by atoms with Crippen LogP contribution in [0.15, 0.2) is 24.3 Å². The molecule has 0 unspecified atom stereocenters. The van der Waals surface area contributed by atoms with Crippen LogP contribution in [-0.4, -0.2) is 35.6 Å². The highest BCUT2D eigenvalue weighted by molar-refractivity contribution is 7.80. The number of hydrogen-bond donors (Lipinski definition) is 0. The number of hydrogen-bond acceptors (Lipinski definition) is 3. The Morgan fingerprint density at radius 1 is 1.14 bits per heavy atom. The van der Waals surface area contributed by atoms with Gasteiger partial charge in [-0.25, -0.2) is 0 Å². The van der Waals surface area contributed by atoms with E-state index in [2.05, 4.69) is 31.2 Å². The van der Waals surface area contributed by atoms with Crippen molar-refractivity contribution in [2.45, 2.75) is 40.0 Å². The van der Waals surface area contributed by atoms with Crippen molar-refractivity contribution >= 4 is 23.2 Å². The normalized spacial score (nSPS) is 10.2. The molecule has 3 nitrogen and oxygen atoms in total. The molecule has 0 spiro atoms. The maximum absolute atomic E-state index is 11.8. The highest BCUT2D eigenvalue weighted by atomic mass is 32.1. The standard InChI is InChI=1S/C17H25NO2S/c1-4-18(5-2)17(21)20-13-12-16(19)11-10-15-8-6-14(3)7-9-15/h6-9H,4-5,10-13H2,1-3H3. The number of ether oxygens (including phenoxy) is 1. The molecule has 1 aromatic rings. The van der Waals surface area contributed by atoms with Crippen LogP contribution in [-0.2, 0) is 16.0 Å². The van der Waals surface area contributed by atoms with Crippen LogP contribution in [0.3, 0.4) is 0 Å². The molecular formula is C17H25NO2S. The average Bonchev–Trinajstić information content (AvgIpc) is 2.48. The minimum atomic E-state index is 0.220. The minimum absolute atomic E-state index is 0.220. The zero-order chi connectivity index (χ0) is 15.7. The summed E-state index contributed by atoms with van der Waals surface area (Å²) in [5.74, 6) is 0.220. The summed E-state index contributed by atoms with van der Waals surface area (Å²) < 4.78 is 5.46. The van der Waals surface area contributed by atoms with Crippen molar-refractivity contribution in [3.63, 3.8) is 0 Å². The second-order valence-corrected chi connectivity index (χ2v) is 5.41. The zero-order valence-corrected chi connectivity index (χ0v) is 14.0. The van der Waals surface area contributed by atoms with Gasteiger partial charge in [-0.3, -0.25) is 4.79 Å². The van der Waals surface area contributed by atoms with Crippen LogP contribution in [0.1, 0.15) is 37.8 Å². The summed E-state index contributed by atoms with van der Waals surface area (Å²) >= 11 is 5.17. The fourth-order valence-electron chi connectivity index (χ4n) is 1.99. The Kier molecular flexibility index (Phi) is 7.98. The van der Waals surface area contributed by atoms with E-state index in [1.807, 2.05) is 18.7 Å². The topological polar surface area (TPSA) is 29.5 Å². The quantitative estimate of drug-likeness (QED) is 0.687. The molecule has 0 N–H and O–H groups in total. The Labute approximate surface area is 133 Å². The lowest BCUT2D eigenvalue weighted by Gasteiger charge is -2.21. The smallest absolute Gasteiger partial charge is 0.259 e. The predicted molar refractivity (Wildman–Crippen MR) is 90.6 cm³/mol. The number of carbonyl (C=O) groups is 1. The molecule has 116 valence electrons. The SMILES string of the molecule is CCN(CC)C(=S)OCCC(=O)CCc1ccc(C)cc1. The van der Waals surface area contributed by atoms with Gasteiger partial charge >= 0.3 is 0 Å². The Bertz CT molecular complexity index is 452. The van der Waals surface area contributed by atoms with Crippen molar-refractivity contribution in [2.75, 3.05) is 19.7 Å². The molecule has 0 fully saturated rings. The maximum atomic E-state index is 11.8. The van der Waals surface area contributed by atoms with E-state index in [0.717, 1.165) is 19.5 Å². The third-order valence-electron chi connectivity index (χ3n) is 3.44. The van der Waals surface area contributed by atoms with E-state index < -0.39 is 0 Å². The lowest BCUT2D eigenvalue weighted by Crippen LogP contribution is -2.31. The third-order valence-corrected chi connectivity index (χ3v) is 3.82. The third kappa shape index (κ3) is 6.71. The van der Waals surface area contributed by atoms with Gasteiger partial charge in [0.15, 0.2) is 0 Å². The molecule has 21 heavy (non-hydrogen) atoms. The van der Waals surface area contributed by atoms with Crippen molar-refractivity contribution in [1.29, 1.82) is 0 Å². The van der Waals surface area contributed by atoms with Crippen LogP contribution in [0.25, 0.3) is 0 Å². The fraction of sp³-hybridized carbons (Fsp3) is 0.529. The first-order valence-corrected chi connectivity index (χ1v) is 7.96. The molecule has 0 saturated heterocycles. The van der Waals surface area contributed by atoms with Gasteiger partial charge in [0.05, 0.1) is 6.61 Å². The van der Waals surface area contributed by atoms with E-state index in [0.29, 0.717) is 24.6 Å². The molecule has 1 aromatic carbocycles. The number of ketones is 1. The van der Waals surface area contributed by atoms with E-state index in [1.165, 1.54) is 11.1 Å². The van der Waals surface area contributed by atoms with Crippen molar-refractivity contribution in [2.24, 2.45) is 0 Å². The van der Waals surface area contributed by atoms with Crippen LogP contribution in [0.4, 0.5) is 0 Å². The maximum Gasteiger partial charge on any atom is 0.259 e. The molecule has 1 rings (SSSR count). The molecule has 0 bridgehead atoms. The average molecular weight is 307 g/mol. The van der Waals surface area contributed by atoms with Gasteiger partial charge in [0, 0.05) is 25.9 Å². The highest BCUT2D eigenvalue weighted by Gasteiger charge is 2.08. The van der Waals surface area contributed by atoms with E-state index in [1.54, 1.807) is 0 Å². The number of Topliss-reactive ketones (excluding diaryl/α,β-unsaturated/α-hetero) is 1. The van der Waals surface area contributed by atoms with E-state index in [-0.39, 0.29) is 5.78 Å². The Morgan fingerprint density at radius 3 is 2.33 bits per heavy atom. The number of nitrogens with zero attached hydrogens (tertiary/aromatic N) is 1. The highest BCUT2D eigenvalue weighted by Crippen LogP contribution is 2.07. The summed E-state index contributed by atoms with van der Waals surface area (Å²) in [5, 5.41) is 0.492.